The number of quaternary nitrogens is 1. The molecule has 0 atom stereocenters. The lowest BCUT2D eigenvalue weighted by Gasteiger charge is -2.30. The van der Waals surface area contributed by atoms with Crippen LogP contribution in [0.15, 0.2) is 84.0 Å². The third-order valence-electron chi connectivity index (χ3n) is 5.54. The first-order valence-corrected chi connectivity index (χ1v) is 10.8. The summed E-state index contributed by atoms with van der Waals surface area (Å²) in [4.78, 5) is 1.61. The molecule has 1 aliphatic heterocycles. The van der Waals surface area contributed by atoms with E-state index in [0.717, 1.165) is 55.3 Å². The van der Waals surface area contributed by atoms with E-state index in [9.17, 15) is 0 Å². The van der Waals surface area contributed by atoms with Crippen molar-refractivity contribution in [2.75, 3.05) is 33.3 Å². The Hall–Kier alpha value is -3.31. The summed E-state index contributed by atoms with van der Waals surface area (Å²) in [6.45, 7) is 5.73. The van der Waals surface area contributed by atoms with Gasteiger partial charge in [-0.25, -0.2) is 0 Å². The molecule has 0 spiro atoms. The maximum Gasteiger partial charge on any atom is 0.161 e. The van der Waals surface area contributed by atoms with Crippen molar-refractivity contribution in [3.05, 3.63) is 95.6 Å². The Morgan fingerprint density at radius 1 is 0.871 bits per heavy atom. The maximum absolute atomic E-state index is 5.94. The Balaban J connectivity index is 1.29. The van der Waals surface area contributed by atoms with Crippen molar-refractivity contribution in [2.24, 2.45) is 5.10 Å². The Kier molecular flexibility index (Phi) is 7.19. The highest BCUT2D eigenvalue weighted by Crippen LogP contribution is 2.28. The van der Waals surface area contributed by atoms with Gasteiger partial charge in [0.25, 0.3) is 0 Å². The SMILES string of the molecule is COc1cc(C=NN2CC[NH+](Cc3ccccc3)CC2)ccc1OCc1ccccc1. The minimum atomic E-state index is 0.514. The number of rotatable bonds is 8. The van der Waals surface area contributed by atoms with E-state index in [1.54, 1.807) is 12.0 Å². The minimum absolute atomic E-state index is 0.514. The molecule has 3 aromatic rings. The lowest BCUT2D eigenvalue weighted by atomic mass is 10.2. The average molecular weight is 417 g/mol. The van der Waals surface area contributed by atoms with E-state index in [2.05, 4.69) is 47.5 Å². The van der Waals surface area contributed by atoms with Gasteiger partial charge in [0, 0.05) is 5.56 Å². The zero-order valence-electron chi connectivity index (χ0n) is 18.0. The second-order valence-corrected chi connectivity index (χ2v) is 7.80. The van der Waals surface area contributed by atoms with Crippen LogP contribution in [0.2, 0.25) is 0 Å². The first-order chi connectivity index (χ1) is 15.3. The van der Waals surface area contributed by atoms with Gasteiger partial charge in [0.05, 0.1) is 39.5 Å². The van der Waals surface area contributed by atoms with E-state index in [1.807, 2.05) is 42.6 Å². The Labute approximate surface area is 184 Å². The molecule has 1 heterocycles. The zero-order chi connectivity index (χ0) is 21.3. The van der Waals surface area contributed by atoms with Crippen LogP contribution in [0.3, 0.4) is 0 Å². The third-order valence-corrected chi connectivity index (χ3v) is 5.54. The van der Waals surface area contributed by atoms with Gasteiger partial charge in [0.15, 0.2) is 11.5 Å². The van der Waals surface area contributed by atoms with Crippen molar-refractivity contribution in [2.45, 2.75) is 13.2 Å². The molecule has 4 rings (SSSR count). The van der Waals surface area contributed by atoms with Crippen molar-refractivity contribution >= 4 is 6.21 Å². The molecule has 0 saturated carbocycles. The summed E-state index contributed by atoms with van der Waals surface area (Å²) in [5, 5.41) is 6.85. The highest BCUT2D eigenvalue weighted by Gasteiger charge is 2.18. The van der Waals surface area contributed by atoms with Crippen molar-refractivity contribution in [3.63, 3.8) is 0 Å². The van der Waals surface area contributed by atoms with Crippen molar-refractivity contribution < 1.29 is 14.4 Å². The quantitative estimate of drug-likeness (QED) is 0.574. The molecule has 0 amide bonds. The lowest BCUT2D eigenvalue weighted by molar-refractivity contribution is -0.918. The van der Waals surface area contributed by atoms with Gasteiger partial charge in [0.2, 0.25) is 0 Å². The minimum Gasteiger partial charge on any atom is -0.493 e. The molecule has 3 aromatic carbocycles. The number of ether oxygens (including phenoxy) is 2. The molecule has 5 heteroatoms. The molecule has 31 heavy (non-hydrogen) atoms. The summed E-state index contributed by atoms with van der Waals surface area (Å²) in [7, 11) is 1.67. The second kappa shape index (κ2) is 10.6. The van der Waals surface area contributed by atoms with Crippen LogP contribution in [0.25, 0.3) is 0 Å². The number of methoxy groups -OCH3 is 1. The third kappa shape index (κ3) is 6.09. The number of hydrazone groups is 1. The van der Waals surface area contributed by atoms with Gasteiger partial charge in [-0.1, -0.05) is 60.7 Å². The Bertz CT molecular complexity index is 968. The molecule has 0 aromatic heterocycles. The summed E-state index contributed by atoms with van der Waals surface area (Å²) in [5.41, 5.74) is 3.53. The first-order valence-electron chi connectivity index (χ1n) is 10.8. The van der Waals surface area contributed by atoms with E-state index in [1.165, 1.54) is 5.56 Å². The van der Waals surface area contributed by atoms with Crippen LogP contribution in [-0.4, -0.2) is 44.5 Å². The average Bonchev–Trinajstić information content (AvgIpc) is 2.84. The molecule has 0 bridgehead atoms. The highest BCUT2D eigenvalue weighted by atomic mass is 16.5. The fourth-order valence-electron chi connectivity index (χ4n) is 3.76. The van der Waals surface area contributed by atoms with Crippen LogP contribution in [0.5, 0.6) is 11.5 Å². The molecular weight excluding hydrogens is 386 g/mol. The summed E-state index contributed by atoms with van der Waals surface area (Å²) < 4.78 is 11.5. The van der Waals surface area contributed by atoms with E-state index in [-0.39, 0.29) is 0 Å². The summed E-state index contributed by atoms with van der Waals surface area (Å²) in [6.07, 6.45) is 1.91. The van der Waals surface area contributed by atoms with E-state index < -0.39 is 0 Å². The normalized spacial score (nSPS) is 14.7. The van der Waals surface area contributed by atoms with Crippen molar-refractivity contribution in [3.8, 4) is 11.5 Å². The number of nitrogens with zero attached hydrogens (tertiary/aromatic N) is 2. The molecule has 160 valence electrons. The van der Waals surface area contributed by atoms with Gasteiger partial charge in [-0.15, -0.1) is 0 Å². The second-order valence-electron chi connectivity index (χ2n) is 7.80. The number of piperazine rings is 1. The van der Waals surface area contributed by atoms with Gasteiger partial charge >= 0.3 is 0 Å². The van der Waals surface area contributed by atoms with Crippen LogP contribution in [0.4, 0.5) is 0 Å². The van der Waals surface area contributed by atoms with Crippen LogP contribution >= 0.6 is 0 Å². The smallest absolute Gasteiger partial charge is 0.161 e. The van der Waals surface area contributed by atoms with Gasteiger partial charge in [-0.05, 0) is 29.3 Å². The van der Waals surface area contributed by atoms with Gasteiger partial charge in [0.1, 0.15) is 13.2 Å². The first kappa shape index (κ1) is 20.9. The largest absolute Gasteiger partial charge is 0.493 e. The molecule has 0 radical (unpaired) electrons. The Morgan fingerprint density at radius 2 is 1.55 bits per heavy atom. The van der Waals surface area contributed by atoms with Crippen LogP contribution in [-0.2, 0) is 13.2 Å². The van der Waals surface area contributed by atoms with Crippen LogP contribution in [0, 0.1) is 0 Å². The molecular formula is C26H30N3O2+. The van der Waals surface area contributed by atoms with Crippen molar-refractivity contribution in [1.29, 1.82) is 0 Å². The monoisotopic (exact) mass is 416 g/mol. The predicted molar refractivity (Wildman–Crippen MR) is 124 cm³/mol. The fourth-order valence-corrected chi connectivity index (χ4v) is 3.76. The van der Waals surface area contributed by atoms with Gasteiger partial charge < -0.3 is 14.4 Å². The fraction of sp³-hybridized carbons (Fsp3) is 0.269. The number of hydrogen-bond acceptors (Lipinski definition) is 4. The molecule has 1 aliphatic rings. The van der Waals surface area contributed by atoms with Crippen LogP contribution < -0.4 is 14.4 Å². The highest BCUT2D eigenvalue weighted by molar-refractivity contribution is 5.80. The molecule has 1 N–H and O–H groups in total. The van der Waals surface area contributed by atoms with Crippen molar-refractivity contribution in [1.82, 2.24) is 5.01 Å². The zero-order valence-corrected chi connectivity index (χ0v) is 18.0. The molecule has 0 unspecified atom stereocenters. The van der Waals surface area contributed by atoms with E-state index in [0.29, 0.717) is 6.61 Å². The van der Waals surface area contributed by atoms with Gasteiger partial charge in [-0.2, -0.15) is 5.10 Å². The van der Waals surface area contributed by atoms with E-state index in [4.69, 9.17) is 14.6 Å². The molecule has 1 fully saturated rings. The Morgan fingerprint density at radius 3 is 2.23 bits per heavy atom. The molecule has 0 aliphatic carbocycles. The number of benzene rings is 3. The number of hydrogen-bond donors (Lipinski definition) is 1. The topological polar surface area (TPSA) is 38.5 Å². The predicted octanol–water partition coefficient (Wildman–Crippen LogP) is 3.01. The van der Waals surface area contributed by atoms with E-state index >= 15 is 0 Å². The summed E-state index contributed by atoms with van der Waals surface area (Å²) in [6, 6.07) is 26.8. The summed E-state index contributed by atoms with van der Waals surface area (Å²) >= 11 is 0. The molecule has 5 nitrogen and oxygen atoms in total. The standard InChI is InChI=1S/C26H29N3O2/c1-30-26-18-24(12-13-25(26)31-21-23-10-6-3-7-11-23)19-27-29-16-14-28(15-17-29)20-22-8-4-2-5-9-22/h2-13,18-19H,14-17,20-21H2,1H3/p+1. The summed E-state index contributed by atoms with van der Waals surface area (Å²) in [5.74, 6) is 1.46. The molecule has 1 saturated heterocycles. The van der Waals surface area contributed by atoms with Crippen LogP contribution in [0.1, 0.15) is 16.7 Å². The lowest BCUT2D eigenvalue weighted by Crippen LogP contribution is -3.13. The maximum atomic E-state index is 5.94. The van der Waals surface area contributed by atoms with Gasteiger partial charge in [-0.3, -0.25) is 5.01 Å². The number of nitrogens with one attached hydrogen (secondary N) is 1.